The molecule has 0 saturated carbocycles. The molecular formula is C14H14N2O3. The minimum absolute atomic E-state index is 0.0231. The molecule has 5 heteroatoms. The monoisotopic (exact) mass is 258 g/mol. The first-order chi connectivity index (χ1) is 9.06. The van der Waals surface area contributed by atoms with Gasteiger partial charge < -0.3 is 9.84 Å². The number of aryl methyl sites for hydroxylation is 1. The van der Waals surface area contributed by atoms with Crippen LogP contribution in [0.4, 0.5) is 0 Å². The molecule has 0 radical (unpaired) electrons. The van der Waals surface area contributed by atoms with E-state index in [9.17, 15) is 9.59 Å². The predicted molar refractivity (Wildman–Crippen MR) is 68.9 cm³/mol. The molecule has 0 atom stereocenters. The number of aromatic nitrogens is 1. The van der Waals surface area contributed by atoms with Crippen LogP contribution in [-0.4, -0.2) is 16.8 Å². The second-order valence-electron chi connectivity index (χ2n) is 4.25. The fourth-order valence-corrected chi connectivity index (χ4v) is 1.63. The van der Waals surface area contributed by atoms with Crippen LogP contribution in [0.3, 0.4) is 0 Å². The predicted octanol–water partition coefficient (Wildman–Crippen LogP) is 2.12. The van der Waals surface area contributed by atoms with E-state index in [4.69, 9.17) is 4.52 Å². The van der Waals surface area contributed by atoms with Gasteiger partial charge in [-0.3, -0.25) is 9.59 Å². The molecule has 2 aromatic rings. The van der Waals surface area contributed by atoms with E-state index in [1.807, 2.05) is 0 Å². The first-order valence-corrected chi connectivity index (χ1v) is 5.87. The number of rotatable bonds is 4. The highest BCUT2D eigenvalue weighted by Gasteiger charge is 2.07. The minimum Gasteiger partial charge on any atom is -0.361 e. The minimum atomic E-state index is -0.212. The fourth-order valence-electron chi connectivity index (χ4n) is 1.63. The maximum atomic E-state index is 11.9. The van der Waals surface area contributed by atoms with Crippen LogP contribution in [0.25, 0.3) is 0 Å². The van der Waals surface area contributed by atoms with Gasteiger partial charge in [0.15, 0.2) is 5.78 Å². The Bertz CT molecular complexity index is 599. The van der Waals surface area contributed by atoms with Crippen molar-refractivity contribution in [2.45, 2.75) is 20.4 Å². The maximum absolute atomic E-state index is 11.9. The van der Waals surface area contributed by atoms with E-state index in [1.54, 1.807) is 37.3 Å². The maximum Gasteiger partial charge on any atom is 0.251 e. The normalized spacial score (nSPS) is 10.2. The van der Waals surface area contributed by atoms with Gasteiger partial charge in [0.1, 0.15) is 11.5 Å². The Morgan fingerprint density at radius 2 is 1.84 bits per heavy atom. The Labute approximate surface area is 110 Å². The summed E-state index contributed by atoms with van der Waals surface area (Å²) in [7, 11) is 0. The Morgan fingerprint density at radius 1 is 1.21 bits per heavy atom. The van der Waals surface area contributed by atoms with Gasteiger partial charge in [-0.1, -0.05) is 17.3 Å². The number of nitrogens with one attached hydrogen (secondary N) is 1. The van der Waals surface area contributed by atoms with Gasteiger partial charge in [0.05, 0.1) is 6.54 Å². The van der Waals surface area contributed by atoms with E-state index in [0.717, 1.165) is 0 Å². The van der Waals surface area contributed by atoms with Gasteiger partial charge in [-0.15, -0.1) is 0 Å². The topological polar surface area (TPSA) is 72.2 Å². The highest BCUT2D eigenvalue weighted by Crippen LogP contribution is 2.06. The van der Waals surface area contributed by atoms with Crippen molar-refractivity contribution in [2.24, 2.45) is 0 Å². The van der Waals surface area contributed by atoms with Crippen molar-refractivity contribution in [3.05, 3.63) is 52.9 Å². The standard InChI is InChI=1S/C14H14N2O3/c1-9-7-13(16-19-9)8-15-14(18)12-5-3-11(4-6-12)10(2)17/h3-7H,8H2,1-2H3,(H,15,18). The van der Waals surface area contributed by atoms with Gasteiger partial charge in [0, 0.05) is 17.2 Å². The molecule has 0 aliphatic carbocycles. The van der Waals surface area contributed by atoms with Crippen molar-refractivity contribution in [2.75, 3.05) is 0 Å². The van der Waals surface area contributed by atoms with Crippen LogP contribution in [0, 0.1) is 6.92 Å². The van der Waals surface area contributed by atoms with Crippen LogP contribution in [0.5, 0.6) is 0 Å². The quantitative estimate of drug-likeness (QED) is 0.852. The van der Waals surface area contributed by atoms with E-state index >= 15 is 0 Å². The molecule has 1 aromatic heterocycles. The van der Waals surface area contributed by atoms with E-state index < -0.39 is 0 Å². The zero-order valence-electron chi connectivity index (χ0n) is 10.8. The van der Waals surface area contributed by atoms with Gasteiger partial charge in [-0.25, -0.2) is 0 Å². The van der Waals surface area contributed by atoms with E-state index in [1.165, 1.54) is 6.92 Å². The second-order valence-corrected chi connectivity index (χ2v) is 4.25. The summed E-state index contributed by atoms with van der Waals surface area (Å²) in [6, 6.07) is 8.29. The lowest BCUT2D eigenvalue weighted by Crippen LogP contribution is -2.22. The van der Waals surface area contributed by atoms with Crippen LogP contribution < -0.4 is 5.32 Å². The van der Waals surface area contributed by atoms with Gasteiger partial charge in [-0.05, 0) is 26.0 Å². The zero-order chi connectivity index (χ0) is 13.8. The molecule has 0 saturated heterocycles. The molecule has 0 spiro atoms. The number of nitrogens with zero attached hydrogens (tertiary/aromatic N) is 1. The van der Waals surface area contributed by atoms with E-state index in [0.29, 0.717) is 29.1 Å². The molecule has 1 aromatic carbocycles. The molecule has 0 bridgehead atoms. The first-order valence-electron chi connectivity index (χ1n) is 5.87. The van der Waals surface area contributed by atoms with Crippen LogP contribution in [0.15, 0.2) is 34.9 Å². The number of carbonyl (C=O) groups excluding carboxylic acids is 2. The third-order valence-corrected chi connectivity index (χ3v) is 2.66. The third-order valence-electron chi connectivity index (χ3n) is 2.66. The molecular weight excluding hydrogens is 244 g/mol. The molecule has 0 unspecified atom stereocenters. The van der Waals surface area contributed by atoms with Crippen molar-refractivity contribution in [3.8, 4) is 0 Å². The fraction of sp³-hybridized carbons (Fsp3) is 0.214. The lowest BCUT2D eigenvalue weighted by atomic mass is 10.1. The molecule has 2 rings (SSSR count). The van der Waals surface area contributed by atoms with E-state index in [2.05, 4.69) is 10.5 Å². The van der Waals surface area contributed by atoms with Gasteiger partial charge in [0.2, 0.25) is 0 Å². The average Bonchev–Trinajstić information content (AvgIpc) is 2.82. The lowest BCUT2D eigenvalue weighted by Gasteiger charge is -2.03. The van der Waals surface area contributed by atoms with Crippen LogP contribution in [0.1, 0.15) is 39.1 Å². The Balaban J connectivity index is 1.98. The molecule has 1 N–H and O–H groups in total. The van der Waals surface area contributed by atoms with Crippen LogP contribution >= 0.6 is 0 Å². The molecule has 0 fully saturated rings. The summed E-state index contributed by atoms with van der Waals surface area (Å²) >= 11 is 0. The van der Waals surface area contributed by atoms with Gasteiger partial charge in [0.25, 0.3) is 5.91 Å². The van der Waals surface area contributed by atoms with Crippen LogP contribution in [-0.2, 0) is 6.54 Å². The number of hydrogen-bond donors (Lipinski definition) is 1. The summed E-state index contributed by atoms with van der Waals surface area (Å²) in [6.07, 6.45) is 0. The highest BCUT2D eigenvalue weighted by atomic mass is 16.5. The lowest BCUT2D eigenvalue weighted by molar-refractivity contribution is 0.0948. The number of Topliss-reactive ketones (excluding diaryl/α,β-unsaturated/α-hetero) is 1. The van der Waals surface area contributed by atoms with Crippen molar-refractivity contribution in [1.82, 2.24) is 10.5 Å². The Morgan fingerprint density at radius 3 is 2.37 bits per heavy atom. The van der Waals surface area contributed by atoms with Gasteiger partial charge in [-0.2, -0.15) is 0 Å². The summed E-state index contributed by atoms with van der Waals surface area (Å²) in [4.78, 5) is 23.0. The number of carbonyl (C=O) groups is 2. The first kappa shape index (κ1) is 13.0. The van der Waals surface area contributed by atoms with Crippen molar-refractivity contribution in [1.29, 1.82) is 0 Å². The summed E-state index contributed by atoms with van der Waals surface area (Å²) in [6.45, 7) is 3.59. The number of amides is 1. The largest absolute Gasteiger partial charge is 0.361 e. The average molecular weight is 258 g/mol. The summed E-state index contributed by atoms with van der Waals surface area (Å²) < 4.78 is 4.91. The molecule has 98 valence electrons. The van der Waals surface area contributed by atoms with Crippen LogP contribution in [0.2, 0.25) is 0 Å². The molecule has 1 heterocycles. The number of ketones is 1. The smallest absolute Gasteiger partial charge is 0.251 e. The highest BCUT2D eigenvalue weighted by molar-refractivity contribution is 5.97. The number of hydrogen-bond acceptors (Lipinski definition) is 4. The molecule has 0 aliphatic rings. The summed E-state index contributed by atoms with van der Waals surface area (Å²) in [5.41, 5.74) is 1.76. The summed E-state index contributed by atoms with van der Waals surface area (Å²) in [5, 5.41) is 6.52. The molecule has 0 aliphatic heterocycles. The number of benzene rings is 1. The Hall–Kier alpha value is -2.43. The van der Waals surface area contributed by atoms with E-state index in [-0.39, 0.29) is 11.7 Å². The van der Waals surface area contributed by atoms with Gasteiger partial charge >= 0.3 is 0 Å². The van der Waals surface area contributed by atoms with Crippen molar-refractivity contribution >= 4 is 11.7 Å². The third kappa shape index (κ3) is 3.28. The zero-order valence-corrected chi connectivity index (χ0v) is 10.8. The van der Waals surface area contributed by atoms with Crippen molar-refractivity contribution in [3.63, 3.8) is 0 Å². The molecule has 19 heavy (non-hydrogen) atoms. The summed E-state index contributed by atoms with van der Waals surface area (Å²) in [5.74, 6) is 0.468. The molecule has 5 nitrogen and oxygen atoms in total. The van der Waals surface area contributed by atoms with Crippen molar-refractivity contribution < 1.29 is 14.1 Å². The Kier molecular flexibility index (Phi) is 3.75. The second kappa shape index (κ2) is 5.48. The molecule has 1 amide bonds. The SMILES string of the molecule is CC(=O)c1ccc(C(=O)NCc2cc(C)on2)cc1.